The molecular weight excluding hydrogens is 332 g/mol. The van der Waals surface area contributed by atoms with Crippen LogP contribution in [0.15, 0.2) is 18.2 Å². The van der Waals surface area contributed by atoms with E-state index < -0.39 is 0 Å². The second kappa shape index (κ2) is 5.80. The van der Waals surface area contributed by atoms with Crippen molar-refractivity contribution in [2.75, 3.05) is 5.32 Å². The summed E-state index contributed by atoms with van der Waals surface area (Å²) < 4.78 is 13.7. The summed E-state index contributed by atoms with van der Waals surface area (Å²) in [6, 6.07) is 4.42. The van der Waals surface area contributed by atoms with E-state index in [1.807, 2.05) is 22.6 Å². The Morgan fingerprint density at radius 1 is 1.29 bits per heavy atom. The quantitative estimate of drug-likeness (QED) is 0.807. The van der Waals surface area contributed by atoms with Gasteiger partial charge in [-0.3, -0.25) is 4.79 Å². The van der Waals surface area contributed by atoms with E-state index in [1.165, 1.54) is 18.6 Å². The third-order valence-electron chi connectivity index (χ3n) is 3.16. The number of carbonyl (C=O) groups excluding carboxylic acids is 1. The van der Waals surface area contributed by atoms with E-state index in [-0.39, 0.29) is 17.6 Å². The number of amides is 1. The van der Waals surface area contributed by atoms with E-state index in [0.29, 0.717) is 5.69 Å². The molecule has 0 heterocycles. The van der Waals surface area contributed by atoms with Gasteiger partial charge in [0, 0.05) is 9.49 Å². The standard InChI is InChI=1S/C13H15FINO/c14-10-6-7-12(11(15)8-10)16-13(17)9-4-2-1-3-5-9/h6-9H,1-5H2,(H,16,17). The minimum atomic E-state index is -0.273. The summed E-state index contributed by atoms with van der Waals surface area (Å²) in [6.45, 7) is 0. The Morgan fingerprint density at radius 3 is 2.65 bits per heavy atom. The highest BCUT2D eigenvalue weighted by molar-refractivity contribution is 14.1. The molecule has 2 rings (SSSR count). The number of rotatable bonds is 2. The second-order valence-corrected chi connectivity index (χ2v) is 5.61. The molecule has 1 N–H and O–H groups in total. The van der Waals surface area contributed by atoms with Crippen LogP contribution in [-0.2, 0) is 4.79 Å². The predicted octanol–water partition coefficient (Wildman–Crippen LogP) is 3.95. The number of hydrogen-bond donors (Lipinski definition) is 1. The van der Waals surface area contributed by atoms with Gasteiger partial charge in [-0.25, -0.2) is 4.39 Å². The first kappa shape index (κ1) is 12.8. The van der Waals surface area contributed by atoms with Crippen molar-refractivity contribution < 1.29 is 9.18 Å². The smallest absolute Gasteiger partial charge is 0.227 e. The minimum Gasteiger partial charge on any atom is -0.325 e. The molecule has 1 amide bonds. The molecule has 1 fully saturated rings. The Bertz CT molecular complexity index is 416. The molecule has 0 aromatic heterocycles. The van der Waals surface area contributed by atoms with E-state index in [4.69, 9.17) is 0 Å². The number of hydrogen-bond acceptors (Lipinski definition) is 1. The topological polar surface area (TPSA) is 29.1 Å². The maximum Gasteiger partial charge on any atom is 0.227 e. The third kappa shape index (κ3) is 3.40. The highest BCUT2D eigenvalue weighted by Gasteiger charge is 2.21. The van der Waals surface area contributed by atoms with Gasteiger partial charge in [-0.1, -0.05) is 19.3 Å². The molecule has 0 bridgehead atoms. The highest BCUT2D eigenvalue weighted by atomic mass is 127. The van der Waals surface area contributed by atoms with Gasteiger partial charge in [-0.05, 0) is 53.6 Å². The molecule has 1 aliphatic carbocycles. The van der Waals surface area contributed by atoms with Crippen LogP contribution in [0.4, 0.5) is 10.1 Å². The maximum absolute atomic E-state index is 12.9. The molecule has 0 radical (unpaired) electrons. The largest absolute Gasteiger partial charge is 0.325 e. The fourth-order valence-corrected chi connectivity index (χ4v) is 2.80. The van der Waals surface area contributed by atoms with Gasteiger partial charge in [0.1, 0.15) is 5.82 Å². The molecule has 1 aromatic rings. The number of halogens is 2. The molecule has 2 nitrogen and oxygen atoms in total. The van der Waals surface area contributed by atoms with Crippen molar-refractivity contribution in [3.05, 3.63) is 27.6 Å². The van der Waals surface area contributed by atoms with Crippen molar-refractivity contribution in [3.63, 3.8) is 0 Å². The number of nitrogens with one attached hydrogen (secondary N) is 1. The molecule has 0 atom stereocenters. The Labute approximate surface area is 114 Å². The Kier molecular flexibility index (Phi) is 4.36. The van der Waals surface area contributed by atoms with Crippen LogP contribution in [0.1, 0.15) is 32.1 Å². The Balaban J connectivity index is 2.02. The first-order valence-corrected chi connectivity index (χ1v) is 7.00. The SMILES string of the molecule is O=C(Nc1ccc(F)cc1I)C1CCCCC1. The van der Waals surface area contributed by atoms with Crippen molar-refractivity contribution in [2.24, 2.45) is 5.92 Å². The maximum atomic E-state index is 12.9. The van der Waals surface area contributed by atoms with E-state index in [9.17, 15) is 9.18 Å². The van der Waals surface area contributed by atoms with E-state index in [1.54, 1.807) is 6.07 Å². The van der Waals surface area contributed by atoms with Crippen LogP contribution in [0, 0.1) is 15.3 Å². The average Bonchev–Trinajstić information content (AvgIpc) is 2.34. The summed E-state index contributed by atoms with van der Waals surface area (Å²) in [5.74, 6) is -0.0658. The zero-order valence-corrected chi connectivity index (χ0v) is 11.7. The van der Waals surface area contributed by atoms with Crippen molar-refractivity contribution in [3.8, 4) is 0 Å². The summed E-state index contributed by atoms with van der Waals surface area (Å²) >= 11 is 2.04. The van der Waals surface area contributed by atoms with Crippen LogP contribution in [0.5, 0.6) is 0 Å². The predicted molar refractivity (Wildman–Crippen MR) is 74.3 cm³/mol. The number of anilines is 1. The molecule has 0 aliphatic heterocycles. The third-order valence-corrected chi connectivity index (χ3v) is 4.06. The molecular formula is C13H15FINO. The fraction of sp³-hybridized carbons (Fsp3) is 0.462. The van der Waals surface area contributed by atoms with Crippen molar-refractivity contribution >= 4 is 34.2 Å². The molecule has 1 aliphatic rings. The second-order valence-electron chi connectivity index (χ2n) is 4.45. The lowest BCUT2D eigenvalue weighted by molar-refractivity contribution is -0.120. The van der Waals surface area contributed by atoms with Crippen molar-refractivity contribution in [1.29, 1.82) is 0 Å². The fourth-order valence-electron chi connectivity index (χ4n) is 2.19. The zero-order chi connectivity index (χ0) is 12.3. The summed E-state index contributed by atoms with van der Waals surface area (Å²) in [7, 11) is 0. The van der Waals surface area contributed by atoms with Crippen LogP contribution in [0.3, 0.4) is 0 Å². The van der Waals surface area contributed by atoms with Crippen LogP contribution < -0.4 is 5.32 Å². The van der Waals surface area contributed by atoms with Crippen LogP contribution in [-0.4, -0.2) is 5.91 Å². The van der Waals surface area contributed by atoms with E-state index >= 15 is 0 Å². The summed E-state index contributed by atoms with van der Waals surface area (Å²) in [5.41, 5.74) is 0.711. The molecule has 0 saturated heterocycles. The van der Waals surface area contributed by atoms with Gasteiger partial charge in [0.2, 0.25) is 5.91 Å². The van der Waals surface area contributed by atoms with Gasteiger partial charge in [-0.2, -0.15) is 0 Å². The zero-order valence-electron chi connectivity index (χ0n) is 9.51. The summed E-state index contributed by atoms with van der Waals surface area (Å²) in [6.07, 6.45) is 5.46. The van der Waals surface area contributed by atoms with Gasteiger partial charge in [0.15, 0.2) is 0 Å². The van der Waals surface area contributed by atoms with Crippen LogP contribution in [0.25, 0.3) is 0 Å². The van der Waals surface area contributed by atoms with E-state index in [2.05, 4.69) is 5.32 Å². The van der Waals surface area contributed by atoms with Crippen molar-refractivity contribution in [2.45, 2.75) is 32.1 Å². The summed E-state index contributed by atoms with van der Waals surface area (Å²) in [4.78, 5) is 12.0. The molecule has 1 saturated carbocycles. The van der Waals surface area contributed by atoms with Crippen molar-refractivity contribution in [1.82, 2.24) is 0 Å². The lowest BCUT2D eigenvalue weighted by Gasteiger charge is -2.21. The molecule has 4 heteroatoms. The minimum absolute atomic E-state index is 0.0780. The van der Waals surface area contributed by atoms with Gasteiger partial charge in [0.05, 0.1) is 5.69 Å². The average molecular weight is 347 g/mol. The number of benzene rings is 1. The molecule has 0 spiro atoms. The lowest BCUT2D eigenvalue weighted by Crippen LogP contribution is -2.25. The Morgan fingerprint density at radius 2 is 2.00 bits per heavy atom. The lowest BCUT2D eigenvalue weighted by atomic mass is 9.88. The van der Waals surface area contributed by atoms with Crippen LogP contribution >= 0.6 is 22.6 Å². The van der Waals surface area contributed by atoms with E-state index in [0.717, 1.165) is 29.3 Å². The molecule has 1 aromatic carbocycles. The van der Waals surface area contributed by atoms with Gasteiger partial charge in [-0.15, -0.1) is 0 Å². The first-order chi connectivity index (χ1) is 8.16. The Hall–Kier alpha value is -0.650. The first-order valence-electron chi connectivity index (χ1n) is 5.93. The number of carbonyl (C=O) groups is 1. The molecule has 17 heavy (non-hydrogen) atoms. The van der Waals surface area contributed by atoms with Crippen LogP contribution in [0.2, 0.25) is 0 Å². The monoisotopic (exact) mass is 347 g/mol. The summed E-state index contributed by atoms with van der Waals surface area (Å²) in [5, 5.41) is 2.89. The van der Waals surface area contributed by atoms with Gasteiger partial charge in [0.25, 0.3) is 0 Å². The molecule has 92 valence electrons. The van der Waals surface area contributed by atoms with Gasteiger partial charge < -0.3 is 5.32 Å². The van der Waals surface area contributed by atoms with Gasteiger partial charge >= 0.3 is 0 Å². The molecule has 0 unspecified atom stereocenters. The highest BCUT2D eigenvalue weighted by Crippen LogP contribution is 2.26. The normalized spacial score (nSPS) is 16.8.